The van der Waals surface area contributed by atoms with Gasteiger partial charge in [-0.15, -0.1) is 0 Å². The summed E-state index contributed by atoms with van der Waals surface area (Å²) in [6, 6.07) is 3.64. The maximum Gasteiger partial charge on any atom is 0.264 e. The van der Waals surface area contributed by atoms with Crippen molar-refractivity contribution in [2.24, 2.45) is 7.05 Å². The van der Waals surface area contributed by atoms with Crippen LogP contribution < -0.4 is 9.80 Å². The van der Waals surface area contributed by atoms with E-state index in [1.54, 1.807) is 30.2 Å². The van der Waals surface area contributed by atoms with Crippen molar-refractivity contribution in [2.75, 3.05) is 30.9 Å². The van der Waals surface area contributed by atoms with Crippen molar-refractivity contribution in [3.8, 4) is 11.1 Å². The van der Waals surface area contributed by atoms with Crippen LogP contribution in [0.4, 0.5) is 20.2 Å². The van der Waals surface area contributed by atoms with E-state index in [2.05, 4.69) is 5.10 Å². The molecule has 1 heterocycles. The van der Waals surface area contributed by atoms with Crippen molar-refractivity contribution in [3.63, 3.8) is 0 Å². The first-order chi connectivity index (χ1) is 10.7. The molecule has 0 amide bonds. The third-order valence-corrected chi connectivity index (χ3v) is 4.03. The molecule has 0 saturated heterocycles. The van der Waals surface area contributed by atoms with Gasteiger partial charge in [-0.3, -0.25) is 4.68 Å². The lowest BCUT2D eigenvalue weighted by Crippen LogP contribution is -2.28. The molecule has 0 atom stereocenters. The summed E-state index contributed by atoms with van der Waals surface area (Å²) in [7, 11) is 7.54. The van der Waals surface area contributed by atoms with Gasteiger partial charge in [-0.25, -0.2) is 8.78 Å². The second-order valence-corrected chi connectivity index (χ2v) is 6.23. The number of anilines is 2. The largest absolute Gasteiger partial charge is 0.376 e. The lowest BCUT2D eigenvalue weighted by molar-refractivity contribution is 0.152. The predicted molar refractivity (Wildman–Crippen MR) is 91.5 cm³/mol. The molecule has 0 saturated carbocycles. The number of benzene rings is 1. The third kappa shape index (κ3) is 3.46. The van der Waals surface area contributed by atoms with Crippen LogP contribution in [0.3, 0.4) is 0 Å². The number of halogens is 2. The molecule has 23 heavy (non-hydrogen) atoms. The summed E-state index contributed by atoms with van der Waals surface area (Å²) in [5, 5.41) is 4.10. The molecule has 0 spiro atoms. The quantitative estimate of drug-likeness (QED) is 0.833. The van der Waals surface area contributed by atoms with E-state index in [4.69, 9.17) is 0 Å². The Bertz CT molecular complexity index is 677. The van der Waals surface area contributed by atoms with Crippen LogP contribution in [0.25, 0.3) is 11.1 Å². The SMILES string of the molecule is CC(C)N(C)c1cc(C(F)F)c(-c2cnn(C)c2)cc1N(C)C. The maximum absolute atomic E-state index is 13.6. The Kier molecular flexibility index (Phi) is 4.92. The topological polar surface area (TPSA) is 24.3 Å². The molecule has 1 aromatic heterocycles. The molecule has 0 aliphatic heterocycles. The van der Waals surface area contributed by atoms with E-state index in [1.165, 1.54) is 0 Å². The highest BCUT2D eigenvalue weighted by atomic mass is 19.3. The van der Waals surface area contributed by atoms with E-state index >= 15 is 0 Å². The Labute approximate surface area is 136 Å². The van der Waals surface area contributed by atoms with Gasteiger partial charge in [-0.2, -0.15) is 5.10 Å². The molecule has 2 rings (SSSR count). The molecule has 0 fully saturated rings. The van der Waals surface area contributed by atoms with E-state index in [0.29, 0.717) is 11.1 Å². The fourth-order valence-corrected chi connectivity index (χ4v) is 2.50. The Hall–Kier alpha value is -2.11. The van der Waals surface area contributed by atoms with E-state index in [0.717, 1.165) is 11.4 Å². The van der Waals surface area contributed by atoms with Crippen LogP contribution in [0.1, 0.15) is 25.8 Å². The van der Waals surface area contributed by atoms with Crippen LogP contribution in [-0.2, 0) is 7.05 Å². The number of hydrogen-bond donors (Lipinski definition) is 0. The van der Waals surface area contributed by atoms with Crippen LogP contribution in [0, 0.1) is 0 Å². The number of nitrogens with zero attached hydrogens (tertiary/aromatic N) is 4. The van der Waals surface area contributed by atoms with Gasteiger partial charge in [0.05, 0.1) is 17.6 Å². The van der Waals surface area contributed by atoms with Crippen molar-refractivity contribution in [3.05, 3.63) is 30.1 Å². The van der Waals surface area contributed by atoms with E-state index in [1.807, 2.05) is 50.9 Å². The zero-order valence-corrected chi connectivity index (χ0v) is 14.5. The lowest BCUT2D eigenvalue weighted by atomic mass is 9.99. The first-order valence-electron chi connectivity index (χ1n) is 7.57. The predicted octanol–water partition coefficient (Wildman–Crippen LogP) is 3.94. The van der Waals surface area contributed by atoms with Crippen LogP contribution in [0.15, 0.2) is 24.5 Å². The summed E-state index contributed by atoms with van der Waals surface area (Å²) >= 11 is 0. The Balaban J connectivity index is 2.70. The molecule has 0 aliphatic rings. The van der Waals surface area contributed by atoms with Crippen molar-refractivity contribution in [1.82, 2.24) is 9.78 Å². The average Bonchev–Trinajstić information content (AvgIpc) is 2.91. The maximum atomic E-state index is 13.6. The summed E-state index contributed by atoms with van der Waals surface area (Å²) in [5.74, 6) is 0. The lowest BCUT2D eigenvalue weighted by Gasteiger charge is -2.30. The minimum absolute atomic E-state index is 0.0334. The van der Waals surface area contributed by atoms with E-state index in [9.17, 15) is 8.78 Å². The minimum Gasteiger partial charge on any atom is -0.376 e. The molecule has 6 heteroatoms. The fourth-order valence-electron chi connectivity index (χ4n) is 2.50. The molecule has 0 radical (unpaired) electrons. The molecular weight excluding hydrogens is 298 g/mol. The molecular formula is C17H24F2N4. The molecule has 1 aromatic carbocycles. The third-order valence-electron chi connectivity index (χ3n) is 4.03. The monoisotopic (exact) mass is 322 g/mol. The second kappa shape index (κ2) is 6.56. The van der Waals surface area contributed by atoms with Crippen molar-refractivity contribution in [1.29, 1.82) is 0 Å². The van der Waals surface area contributed by atoms with E-state index < -0.39 is 6.43 Å². The van der Waals surface area contributed by atoms with Crippen LogP contribution in [-0.4, -0.2) is 37.0 Å². The fraction of sp³-hybridized carbons (Fsp3) is 0.471. The zero-order chi connectivity index (χ0) is 17.3. The highest BCUT2D eigenvalue weighted by Gasteiger charge is 2.22. The number of aryl methyl sites for hydroxylation is 1. The molecule has 0 N–H and O–H groups in total. The zero-order valence-electron chi connectivity index (χ0n) is 14.5. The van der Waals surface area contributed by atoms with E-state index in [-0.39, 0.29) is 11.6 Å². The summed E-state index contributed by atoms with van der Waals surface area (Å²) in [4.78, 5) is 3.96. The van der Waals surface area contributed by atoms with Gasteiger partial charge in [0.1, 0.15) is 0 Å². The van der Waals surface area contributed by atoms with Crippen LogP contribution in [0.2, 0.25) is 0 Å². The molecule has 0 bridgehead atoms. The second-order valence-electron chi connectivity index (χ2n) is 6.23. The van der Waals surface area contributed by atoms with Crippen molar-refractivity contribution < 1.29 is 8.78 Å². The smallest absolute Gasteiger partial charge is 0.264 e. The van der Waals surface area contributed by atoms with Gasteiger partial charge in [0.2, 0.25) is 0 Å². The first kappa shape index (κ1) is 17.2. The van der Waals surface area contributed by atoms with Crippen molar-refractivity contribution >= 4 is 11.4 Å². The Morgan fingerprint density at radius 2 is 1.74 bits per heavy atom. The van der Waals surface area contributed by atoms with Crippen molar-refractivity contribution in [2.45, 2.75) is 26.3 Å². The number of alkyl halides is 2. The number of hydrogen-bond acceptors (Lipinski definition) is 3. The van der Waals surface area contributed by atoms with Gasteiger partial charge in [0, 0.05) is 51.6 Å². The number of rotatable bonds is 5. The normalized spacial score (nSPS) is 11.4. The number of aromatic nitrogens is 2. The van der Waals surface area contributed by atoms with Gasteiger partial charge in [0.15, 0.2) is 0 Å². The first-order valence-corrected chi connectivity index (χ1v) is 7.57. The van der Waals surface area contributed by atoms with Gasteiger partial charge in [-0.1, -0.05) is 0 Å². The summed E-state index contributed by atoms with van der Waals surface area (Å²) in [5.41, 5.74) is 2.96. The highest BCUT2D eigenvalue weighted by molar-refractivity contribution is 5.81. The van der Waals surface area contributed by atoms with Gasteiger partial charge < -0.3 is 9.80 Å². The highest BCUT2D eigenvalue weighted by Crippen LogP contribution is 2.40. The Morgan fingerprint density at radius 1 is 1.09 bits per heavy atom. The standard InChI is InChI=1S/C17H24F2N4/c1-11(2)23(6)16-8-14(17(18)19)13(7-15(16)21(3)4)12-9-20-22(5)10-12/h7-11,17H,1-6H3. The molecule has 126 valence electrons. The van der Waals surface area contributed by atoms with Gasteiger partial charge in [0.25, 0.3) is 6.43 Å². The summed E-state index contributed by atoms with van der Waals surface area (Å²) in [6.45, 7) is 4.08. The molecule has 0 aliphatic carbocycles. The van der Waals surface area contributed by atoms with Crippen LogP contribution >= 0.6 is 0 Å². The Morgan fingerprint density at radius 3 is 2.17 bits per heavy atom. The minimum atomic E-state index is -2.54. The molecule has 0 unspecified atom stereocenters. The molecule has 4 nitrogen and oxygen atoms in total. The van der Waals surface area contributed by atoms with Gasteiger partial charge >= 0.3 is 0 Å². The average molecular weight is 322 g/mol. The van der Waals surface area contributed by atoms with Gasteiger partial charge in [-0.05, 0) is 31.5 Å². The molecule has 2 aromatic rings. The summed E-state index contributed by atoms with van der Waals surface area (Å²) in [6.07, 6.45) is 0.833. The van der Waals surface area contributed by atoms with Crippen LogP contribution in [0.5, 0.6) is 0 Å². The summed E-state index contributed by atoms with van der Waals surface area (Å²) < 4.78 is 28.9.